The lowest BCUT2D eigenvalue weighted by atomic mass is 10.2. The van der Waals surface area contributed by atoms with Crippen molar-refractivity contribution in [3.8, 4) is 0 Å². The van der Waals surface area contributed by atoms with Gasteiger partial charge in [-0.25, -0.2) is 15.0 Å². The third-order valence-corrected chi connectivity index (χ3v) is 3.53. The molecule has 2 aromatic heterocycles. The van der Waals surface area contributed by atoms with Gasteiger partial charge in [0.1, 0.15) is 11.8 Å². The van der Waals surface area contributed by atoms with Crippen LogP contribution in [-0.4, -0.2) is 45.0 Å². The smallest absolute Gasteiger partial charge is 0.182 e. The van der Waals surface area contributed by atoms with Gasteiger partial charge in [-0.1, -0.05) is 30.3 Å². The maximum atomic E-state index is 4.26. The lowest BCUT2D eigenvalue weighted by molar-refractivity contribution is 0.325. The minimum atomic E-state index is 0.693. The molecule has 0 aliphatic rings. The summed E-state index contributed by atoms with van der Waals surface area (Å²) >= 11 is 0. The molecule has 0 fully saturated rings. The number of nitrogens with one attached hydrogen (secondary N) is 2. The molecule has 0 saturated heterocycles. The molecule has 0 saturated carbocycles. The number of fused-ring (bicyclic) bond motifs is 1. The highest BCUT2D eigenvalue weighted by Crippen LogP contribution is 2.14. The van der Waals surface area contributed by atoms with Crippen LogP contribution in [0.1, 0.15) is 12.0 Å². The molecular weight excluding hydrogens is 276 g/mol. The van der Waals surface area contributed by atoms with Gasteiger partial charge in [-0.15, -0.1) is 0 Å². The van der Waals surface area contributed by atoms with Gasteiger partial charge in [0.05, 0.1) is 6.33 Å². The molecule has 0 unspecified atom stereocenters. The number of aromatic amines is 1. The fourth-order valence-corrected chi connectivity index (χ4v) is 2.43. The van der Waals surface area contributed by atoms with Crippen molar-refractivity contribution in [2.75, 3.05) is 25.5 Å². The van der Waals surface area contributed by atoms with Gasteiger partial charge in [0, 0.05) is 13.1 Å². The van der Waals surface area contributed by atoms with Crippen LogP contribution in [0.2, 0.25) is 0 Å². The molecule has 0 spiro atoms. The molecule has 2 heterocycles. The summed E-state index contributed by atoms with van der Waals surface area (Å²) in [5.41, 5.74) is 2.90. The topological polar surface area (TPSA) is 69.7 Å². The molecule has 3 rings (SSSR count). The van der Waals surface area contributed by atoms with Crippen LogP contribution in [0.15, 0.2) is 43.0 Å². The minimum absolute atomic E-state index is 0.693. The normalized spacial score (nSPS) is 11.2. The lowest BCUT2D eigenvalue weighted by Crippen LogP contribution is -2.21. The second kappa shape index (κ2) is 7.00. The van der Waals surface area contributed by atoms with Gasteiger partial charge in [0.2, 0.25) is 0 Å². The van der Waals surface area contributed by atoms with Crippen molar-refractivity contribution in [2.24, 2.45) is 0 Å². The first-order chi connectivity index (χ1) is 10.8. The highest BCUT2D eigenvalue weighted by Gasteiger charge is 2.05. The number of benzene rings is 1. The second-order valence-electron chi connectivity index (χ2n) is 5.33. The largest absolute Gasteiger partial charge is 0.368 e. The van der Waals surface area contributed by atoms with Crippen LogP contribution in [-0.2, 0) is 6.54 Å². The van der Waals surface area contributed by atoms with Gasteiger partial charge in [-0.2, -0.15) is 0 Å². The molecule has 0 aliphatic heterocycles. The molecule has 0 aliphatic carbocycles. The third kappa shape index (κ3) is 3.59. The van der Waals surface area contributed by atoms with Gasteiger partial charge in [-0.3, -0.25) is 0 Å². The zero-order valence-corrected chi connectivity index (χ0v) is 12.7. The van der Waals surface area contributed by atoms with Crippen LogP contribution in [0.3, 0.4) is 0 Å². The van der Waals surface area contributed by atoms with E-state index in [1.165, 1.54) is 11.9 Å². The van der Waals surface area contributed by atoms with Crippen molar-refractivity contribution in [1.29, 1.82) is 0 Å². The monoisotopic (exact) mass is 296 g/mol. The van der Waals surface area contributed by atoms with Crippen molar-refractivity contribution in [2.45, 2.75) is 13.0 Å². The Morgan fingerprint density at radius 3 is 2.86 bits per heavy atom. The van der Waals surface area contributed by atoms with Crippen LogP contribution in [0.5, 0.6) is 0 Å². The summed E-state index contributed by atoms with van der Waals surface area (Å²) in [6.45, 7) is 2.86. The van der Waals surface area contributed by atoms with Crippen LogP contribution < -0.4 is 5.32 Å². The fraction of sp³-hybridized carbons (Fsp3) is 0.312. The van der Waals surface area contributed by atoms with E-state index in [1.807, 2.05) is 6.07 Å². The van der Waals surface area contributed by atoms with Crippen LogP contribution in [0, 0.1) is 0 Å². The predicted octanol–water partition coefficient (Wildman–Crippen LogP) is 2.29. The Morgan fingerprint density at radius 2 is 2.00 bits per heavy atom. The van der Waals surface area contributed by atoms with Gasteiger partial charge < -0.3 is 15.2 Å². The first kappa shape index (κ1) is 14.5. The van der Waals surface area contributed by atoms with Crippen molar-refractivity contribution < 1.29 is 0 Å². The first-order valence-electron chi connectivity index (χ1n) is 7.43. The predicted molar refractivity (Wildman–Crippen MR) is 87.6 cm³/mol. The molecule has 2 N–H and O–H groups in total. The van der Waals surface area contributed by atoms with E-state index in [0.717, 1.165) is 37.4 Å². The summed E-state index contributed by atoms with van der Waals surface area (Å²) in [6.07, 6.45) is 4.22. The van der Waals surface area contributed by atoms with Gasteiger partial charge in [0.25, 0.3) is 0 Å². The first-order valence-corrected chi connectivity index (χ1v) is 7.43. The van der Waals surface area contributed by atoms with Crippen LogP contribution >= 0.6 is 0 Å². The number of imidazole rings is 1. The summed E-state index contributed by atoms with van der Waals surface area (Å²) in [5.74, 6) is 0.813. The summed E-state index contributed by atoms with van der Waals surface area (Å²) in [5, 5.41) is 3.34. The molecule has 6 heteroatoms. The molecule has 6 nitrogen and oxygen atoms in total. The molecular formula is C16H20N6. The molecule has 0 amide bonds. The number of aromatic nitrogens is 4. The van der Waals surface area contributed by atoms with E-state index in [9.17, 15) is 0 Å². The molecule has 1 aromatic carbocycles. The van der Waals surface area contributed by atoms with Crippen LogP contribution in [0.25, 0.3) is 11.2 Å². The van der Waals surface area contributed by atoms with Crippen molar-refractivity contribution >= 4 is 17.0 Å². The van der Waals surface area contributed by atoms with Crippen molar-refractivity contribution in [3.05, 3.63) is 48.5 Å². The molecule has 22 heavy (non-hydrogen) atoms. The molecule has 114 valence electrons. The second-order valence-corrected chi connectivity index (χ2v) is 5.33. The Hall–Kier alpha value is -2.47. The summed E-state index contributed by atoms with van der Waals surface area (Å²) in [7, 11) is 2.14. The average Bonchev–Trinajstić information content (AvgIpc) is 3.02. The molecule has 3 aromatic rings. The Bertz CT molecular complexity index is 709. The number of anilines is 1. The Morgan fingerprint density at radius 1 is 1.14 bits per heavy atom. The van der Waals surface area contributed by atoms with Gasteiger partial charge >= 0.3 is 0 Å². The lowest BCUT2D eigenvalue weighted by Gasteiger charge is -2.16. The van der Waals surface area contributed by atoms with E-state index in [1.54, 1.807) is 6.33 Å². The average molecular weight is 296 g/mol. The Balaban J connectivity index is 1.44. The Labute approximate surface area is 129 Å². The van der Waals surface area contributed by atoms with E-state index in [2.05, 4.69) is 61.5 Å². The summed E-state index contributed by atoms with van der Waals surface area (Å²) in [6, 6.07) is 10.5. The standard InChI is InChI=1S/C16H20N6/c1-22(10-13-6-3-2-4-7-13)9-5-8-17-15-14-16(19-11-18-14)21-12-20-15/h2-4,6-7,11-12H,5,8-10H2,1H3,(H2,17,18,19,20,21). The van der Waals surface area contributed by atoms with Crippen LogP contribution in [0.4, 0.5) is 5.82 Å². The van der Waals surface area contributed by atoms with E-state index in [-0.39, 0.29) is 0 Å². The third-order valence-electron chi connectivity index (χ3n) is 3.53. The molecule has 0 radical (unpaired) electrons. The zero-order chi connectivity index (χ0) is 15.2. The zero-order valence-electron chi connectivity index (χ0n) is 12.7. The van der Waals surface area contributed by atoms with E-state index in [0.29, 0.717) is 5.65 Å². The van der Waals surface area contributed by atoms with E-state index >= 15 is 0 Å². The number of hydrogen-bond acceptors (Lipinski definition) is 5. The van der Waals surface area contributed by atoms with Crippen molar-refractivity contribution in [3.63, 3.8) is 0 Å². The maximum absolute atomic E-state index is 4.26. The Kier molecular flexibility index (Phi) is 4.60. The SMILES string of the molecule is CN(CCCNc1ncnc2nc[nH]c12)Cc1ccccc1. The number of hydrogen-bond donors (Lipinski definition) is 2. The number of H-pyrrole nitrogens is 1. The quantitative estimate of drug-likeness (QED) is 0.655. The van der Waals surface area contributed by atoms with Gasteiger partial charge in [-0.05, 0) is 25.6 Å². The summed E-state index contributed by atoms with van der Waals surface area (Å²) in [4.78, 5) is 17.9. The highest BCUT2D eigenvalue weighted by atomic mass is 15.1. The number of nitrogens with zero attached hydrogens (tertiary/aromatic N) is 4. The number of rotatable bonds is 7. The highest BCUT2D eigenvalue weighted by molar-refractivity contribution is 5.81. The molecule has 0 bridgehead atoms. The van der Waals surface area contributed by atoms with E-state index in [4.69, 9.17) is 0 Å². The van der Waals surface area contributed by atoms with Crippen molar-refractivity contribution in [1.82, 2.24) is 24.8 Å². The molecule has 0 atom stereocenters. The maximum Gasteiger partial charge on any atom is 0.182 e. The minimum Gasteiger partial charge on any atom is -0.368 e. The summed E-state index contributed by atoms with van der Waals surface area (Å²) < 4.78 is 0. The van der Waals surface area contributed by atoms with Gasteiger partial charge in [0.15, 0.2) is 11.5 Å². The van der Waals surface area contributed by atoms with E-state index < -0.39 is 0 Å². The fourth-order valence-electron chi connectivity index (χ4n) is 2.43.